The number of amides is 4. The van der Waals surface area contributed by atoms with Gasteiger partial charge in [-0.15, -0.1) is 0 Å². The van der Waals surface area contributed by atoms with Crippen molar-refractivity contribution in [3.05, 3.63) is 47.3 Å². The van der Waals surface area contributed by atoms with E-state index in [-0.39, 0.29) is 6.54 Å². The smallest absolute Gasteiger partial charge is 0.296 e. The van der Waals surface area contributed by atoms with Gasteiger partial charge in [0, 0.05) is 12.8 Å². The van der Waals surface area contributed by atoms with Crippen LogP contribution < -0.4 is 5.32 Å². The minimum Gasteiger partial charge on any atom is -0.296 e. The Morgan fingerprint density at radius 2 is 1.96 bits per heavy atom. The molecule has 1 fully saturated rings. The highest BCUT2D eigenvalue weighted by Crippen LogP contribution is 2.20. The van der Waals surface area contributed by atoms with Crippen LogP contribution in [0, 0.1) is 11.7 Å². The Kier molecular flexibility index (Phi) is 6.11. The van der Waals surface area contributed by atoms with E-state index in [9.17, 15) is 18.8 Å². The largest absolute Gasteiger partial charge is 0.331 e. The van der Waals surface area contributed by atoms with Crippen LogP contribution >= 0.6 is 0 Å². The average Bonchev–Trinajstić information content (AvgIpc) is 2.66. The number of carbonyl (C=O) groups excluding carboxylic acids is 3. The van der Waals surface area contributed by atoms with Gasteiger partial charge in [0.15, 0.2) is 5.92 Å². The number of benzene rings is 1. The lowest BCUT2D eigenvalue weighted by atomic mass is 9.97. The fourth-order valence-corrected chi connectivity index (χ4v) is 3.20. The lowest BCUT2D eigenvalue weighted by molar-refractivity contribution is -0.139. The molecule has 0 saturated carbocycles. The SMILES string of the molecule is O=C1NC(=O)N(Cc2ccc(F)cc2)C(=O)[C@@H]1C=NCCC1=CCCCC1. The molecule has 1 aliphatic carbocycles. The molecule has 1 N–H and O–H groups in total. The fraction of sp³-hybridized carbons (Fsp3) is 0.400. The van der Waals surface area contributed by atoms with Crippen molar-refractivity contribution in [2.45, 2.75) is 38.6 Å². The van der Waals surface area contributed by atoms with Crippen LogP contribution in [0.15, 0.2) is 40.9 Å². The van der Waals surface area contributed by atoms with E-state index in [1.807, 2.05) is 0 Å². The van der Waals surface area contributed by atoms with Gasteiger partial charge in [-0.1, -0.05) is 23.8 Å². The van der Waals surface area contributed by atoms with Gasteiger partial charge in [-0.25, -0.2) is 9.18 Å². The maximum absolute atomic E-state index is 13.0. The number of nitrogens with one attached hydrogen (secondary N) is 1. The first-order valence-corrected chi connectivity index (χ1v) is 9.13. The van der Waals surface area contributed by atoms with Crippen molar-refractivity contribution in [3.63, 3.8) is 0 Å². The van der Waals surface area contributed by atoms with Crippen LogP contribution in [0.3, 0.4) is 0 Å². The molecule has 3 rings (SSSR count). The maximum atomic E-state index is 13.0. The summed E-state index contributed by atoms with van der Waals surface area (Å²) in [4.78, 5) is 41.8. The summed E-state index contributed by atoms with van der Waals surface area (Å²) in [6.07, 6.45) is 8.98. The zero-order valence-corrected chi connectivity index (χ0v) is 15.0. The lowest BCUT2D eigenvalue weighted by Crippen LogP contribution is -2.57. The number of barbiturate groups is 1. The van der Waals surface area contributed by atoms with Crippen molar-refractivity contribution in [1.29, 1.82) is 0 Å². The van der Waals surface area contributed by atoms with E-state index < -0.39 is 29.6 Å². The second-order valence-electron chi connectivity index (χ2n) is 6.74. The number of halogens is 1. The van der Waals surface area contributed by atoms with E-state index in [4.69, 9.17) is 0 Å². The van der Waals surface area contributed by atoms with Gasteiger partial charge in [0.2, 0.25) is 11.8 Å². The molecule has 1 aliphatic heterocycles. The number of allylic oxidation sites excluding steroid dienone is 1. The van der Waals surface area contributed by atoms with E-state index in [1.165, 1.54) is 48.9 Å². The summed E-state index contributed by atoms with van der Waals surface area (Å²) in [7, 11) is 0. The molecule has 6 nitrogen and oxygen atoms in total. The first kappa shape index (κ1) is 18.9. The van der Waals surface area contributed by atoms with E-state index in [0.717, 1.165) is 24.2 Å². The molecular formula is C20H22FN3O3. The van der Waals surface area contributed by atoms with Crippen LogP contribution in [0.4, 0.5) is 9.18 Å². The number of rotatable bonds is 6. The molecule has 0 radical (unpaired) electrons. The van der Waals surface area contributed by atoms with E-state index in [1.54, 1.807) is 0 Å². The van der Waals surface area contributed by atoms with Gasteiger partial charge in [-0.05, 0) is 49.8 Å². The Labute approximate surface area is 157 Å². The van der Waals surface area contributed by atoms with Crippen LogP contribution in [-0.2, 0) is 16.1 Å². The highest BCUT2D eigenvalue weighted by Gasteiger charge is 2.39. The molecule has 7 heteroatoms. The Morgan fingerprint density at radius 3 is 2.67 bits per heavy atom. The summed E-state index contributed by atoms with van der Waals surface area (Å²) >= 11 is 0. The lowest BCUT2D eigenvalue weighted by Gasteiger charge is -2.28. The molecule has 1 saturated heterocycles. The molecule has 0 bridgehead atoms. The van der Waals surface area contributed by atoms with Crippen molar-refractivity contribution in [1.82, 2.24) is 10.2 Å². The summed E-state index contributed by atoms with van der Waals surface area (Å²) in [5, 5.41) is 2.18. The Hall–Kier alpha value is -2.83. The van der Waals surface area contributed by atoms with Gasteiger partial charge in [0.25, 0.3) is 0 Å². The second kappa shape index (κ2) is 8.70. The normalized spacial score (nSPS) is 20.8. The third-order valence-electron chi connectivity index (χ3n) is 4.75. The van der Waals surface area contributed by atoms with Crippen LogP contribution in [-0.4, -0.2) is 35.5 Å². The Morgan fingerprint density at radius 1 is 1.19 bits per heavy atom. The van der Waals surface area contributed by atoms with Crippen molar-refractivity contribution in [3.8, 4) is 0 Å². The first-order valence-electron chi connectivity index (χ1n) is 9.13. The first-order chi connectivity index (χ1) is 13.0. The molecule has 1 atom stereocenters. The second-order valence-corrected chi connectivity index (χ2v) is 6.74. The minimum absolute atomic E-state index is 0.0323. The molecular weight excluding hydrogens is 349 g/mol. The Balaban J connectivity index is 1.62. The highest BCUT2D eigenvalue weighted by atomic mass is 19.1. The molecule has 0 aromatic heterocycles. The molecule has 0 spiro atoms. The number of hydrogen-bond donors (Lipinski definition) is 1. The molecule has 1 aromatic rings. The maximum Gasteiger partial charge on any atom is 0.331 e. The standard InChI is InChI=1S/C20H22FN3O3/c21-16-8-6-15(7-9-16)13-24-19(26)17(18(25)23-20(24)27)12-22-11-10-14-4-2-1-3-5-14/h4,6-9,12,17H,1-3,5,10-11,13H2,(H,23,25,27)/t17-/m1/s1. The topological polar surface area (TPSA) is 78.8 Å². The summed E-state index contributed by atoms with van der Waals surface area (Å²) in [6.45, 7) is 0.476. The van der Waals surface area contributed by atoms with Crippen molar-refractivity contribution in [2.75, 3.05) is 6.54 Å². The van der Waals surface area contributed by atoms with Gasteiger partial charge >= 0.3 is 6.03 Å². The van der Waals surface area contributed by atoms with Gasteiger partial charge in [-0.2, -0.15) is 0 Å². The number of urea groups is 1. The summed E-state index contributed by atoms with van der Waals surface area (Å²) in [6, 6.07) is 4.73. The number of nitrogens with zero attached hydrogens (tertiary/aromatic N) is 2. The van der Waals surface area contributed by atoms with Crippen LogP contribution in [0.2, 0.25) is 0 Å². The van der Waals surface area contributed by atoms with Gasteiger partial charge in [-0.3, -0.25) is 24.8 Å². The predicted octanol–water partition coefficient (Wildman–Crippen LogP) is 2.98. The number of aliphatic imine (C=N–C) groups is 1. The quantitative estimate of drug-likeness (QED) is 0.474. The molecule has 27 heavy (non-hydrogen) atoms. The summed E-state index contributed by atoms with van der Waals surface area (Å²) in [5.41, 5.74) is 1.96. The third-order valence-corrected chi connectivity index (χ3v) is 4.75. The molecule has 142 valence electrons. The molecule has 1 heterocycles. The van der Waals surface area contributed by atoms with Gasteiger partial charge in [0.1, 0.15) is 5.82 Å². The van der Waals surface area contributed by atoms with Crippen molar-refractivity contribution < 1.29 is 18.8 Å². The predicted molar refractivity (Wildman–Crippen MR) is 98.5 cm³/mol. The van der Waals surface area contributed by atoms with Crippen molar-refractivity contribution >= 4 is 24.1 Å². The van der Waals surface area contributed by atoms with E-state index in [2.05, 4.69) is 16.4 Å². The molecule has 0 unspecified atom stereocenters. The van der Waals surface area contributed by atoms with Crippen LogP contribution in [0.5, 0.6) is 0 Å². The highest BCUT2D eigenvalue weighted by molar-refractivity contribution is 6.23. The Bertz CT molecular complexity index is 786. The minimum atomic E-state index is -1.12. The van der Waals surface area contributed by atoms with E-state index in [0.29, 0.717) is 12.1 Å². The fourth-order valence-electron chi connectivity index (χ4n) is 3.20. The summed E-state index contributed by atoms with van der Waals surface area (Å²) in [5.74, 6) is -2.81. The van der Waals surface area contributed by atoms with Gasteiger partial charge < -0.3 is 0 Å². The van der Waals surface area contributed by atoms with Gasteiger partial charge in [0.05, 0.1) is 6.54 Å². The van der Waals surface area contributed by atoms with Crippen molar-refractivity contribution in [2.24, 2.45) is 10.9 Å². The zero-order valence-electron chi connectivity index (χ0n) is 15.0. The van der Waals surface area contributed by atoms with Crippen LogP contribution in [0.1, 0.15) is 37.7 Å². The average molecular weight is 371 g/mol. The van der Waals surface area contributed by atoms with Crippen LogP contribution in [0.25, 0.3) is 0 Å². The number of carbonyl (C=O) groups is 3. The number of imide groups is 2. The summed E-state index contributed by atoms with van der Waals surface area (Å²) < 4.78 is 13.0. The third kappa shape index (κ3) is 4.87. The molecule has 1 aromatic carbocycles. The van der Waals surface area contributed by atoms with E-state index >= 15 is 0 Å². The number of hydrogen-bond acceptors (Lipinski definition) is 4. The molecule has 2 aliphatic rings. The molecule has 4 amide bonds. The zero-order chi connectivity index (χ0) is 19.2. The monoisotopic (exact) mass is 371 g/mol.